The summed E-state index contributed by atoms with van der Waals surface area (Å²) in [6.07, 6.45) is 0.822. The summed E-state index contributed by atoms with van der Waals surface area (Å²) in [6.45, 7) is 0.644. The average molecular weight is 433 g/mol. The van der Waals surface area contributed by atoms with Gasteiger partial charge in [0.1, 0.15) is 11.6 Å². The Bertz CT molecular complexity index is 1210. The Hall–Kier alpha value is -2.77. The van der Waals surface area contributed by atoms with Gasteiger partial charge in [-0.1, -0.05) is 35.9 Å². The molecule has 148 valence electrons. The minimum atomic E-state index is -4.41. The molecule has 0 saturated carbocycles. The molecule has 0 bridgehead atoms. The van der Waals surface area contributed by atoms with Crippen LogP contribution in [-0.2, 0) is 16.4 Å². The minimum Gasteiger partial charge on any atom is -0.284 e. The van der Waals surface area contributed by atoms with Crippen molar-refractivity contribution in [2.75, 3.05) is 11.3 Å². The van der Waals surface area contributed by atoms with Gasteiger partial charge in [-0.15, -0.1) is 0 Å². The second-order valence-electron chi connectivity index (χ2n) is 6.52. The molecule has 3 aromatic rings. The van der Waals surface area contributed by atoms with Crippen LogP contribution < -0.4 is 4.72 Å². The summed E-state index contributed by atoms with van der Waals surface area (Å²) in [6, 6.07) is 15.0. The number of benzene rings is 3. The molecule has 0 atom stereocenters. The lowest BCUT2D eigenvalue weighted by Crippen LogP contribution is -2.17. The van der Waals surface area contributed by atoms with Gasteiger partial charge in [0.25, 0.3) is 10.0 Å². The van der Waals surface area contributed by atoms with E-state index in [1.54, 1.807) is 12.1 Å². The predicted octanol–water partition coefficient (Wildman–Crippen LogP) is 4.81. The Labute approximate surface area is 171 Å². The lowest BCUT2D eigenvalue weighted by atomic mass is 9.93. The number of hydrogen-bond acceptors (Lipinski definition) is 3. The summed E-state index contributed by atoms with van der Waals surface area (Å²) in [4.78, 5) is 3.57. The van der Waals surface area contributed by atoms with E-state index in [1.807, 2.05) is 18.2 Å². The van der Waals surface area contributed by atoms with Crippen LogP contribution in [-0.4, -0.2) is 20.7 Å². The fourth-order valence-corrected chi connectivity index (χ4v) is 4.62. The molecule has 4 nitrogen and oxygen atoms in total. The highest BCUT2D eigenvalue weighted by Gasteiger charge is 2.24. The first-order valence-electron chi connectivity index (χ1n) is 8.76. The van der Waals surface area contributed by atoms with Crippen LogP contribution in [0, 0.1) is 11.6 Å². The number of rotatable bonds is 4. The van der Waals surface area contributed by atoms with Crippen LogP contribution in [0.1, 0.15) is 16.7 Å². The first kappa shape index (κ1) is 19.5. The Kier molecular flexibility index (Phi) is 5.10. The van der Waals surface area contributed by atoms with E-state index in [0.717, 1.165) is 47.0 Å². The molecule has 1 N–H and O–H groups in total. The van der Waals surface area contributed by atoms with Gasteiger partial charge in [-0.05, 0) is 48.4 Å². The maximum atomic E-state index is 13.8. The zero-order valence-corrected chi connectivity index (χ0v) is 16.6. The molecule has 4 rings (SSSR count). The van der Waals surface area contributed by atoms with E-state index in [-0.39, 0.29) is 5.69 Å². The first-order chi connectivity index (χ1) is 13.8. The molecule has 1 aliphatic heterocycles. The number of anilines is 1. The number of halogens is 3. The molecular formula is C21H15ClF2N2O2S. The Morgan fingerprint density at radius 1 is 0.966 bits per heavy atom. The highest BCUT2D eigenvalue weighted by atomic mass is 35.5. The van der Waals surface area contributed by atoms with E-state index in [1.165, 1.54) is 12.1 Å². The van der Waals surface area contributed by atoms with Crippen molar-refractivity contribution in [3.8, 4) is 0 Å². The third kappa shape index (κ3) is 3.88. The molecule has 0 aliphatic carbocycles. The molecule has 0 aromatic heterocycles. The SMILES string of the molecule is O=S(=O)(Nc1ccc(C2=NCCc3ccc(Cl)cc32)cc1)c1c(F)cccc1F. The lowest BCUT2D eigenvalue weighted by Gasteiger charge is -2.18. The molecule has 0 radical (unpaired) electrons. The van der Waals surface area contributed by atoms with Gasteiger partial charge >= 0.3 is 0 Å². The third-order valence-corrected chi connectivity index (χ3v) is 6.24. The van der Waals surface area contributed by atoms with Crippen LogP contribution in [0.3, 0.4) is 0 Å². The molecule has 0 fully saturated rings. The lowest BCUT2D eigenvalue weighted by molar-refractivity contribution is 0.521. The van der Waals surface area contributed by atoms with Gasteiger partial charge in [-0.3, -0.25) is 9.71 Å². The summed E-state index contributed by atoms with van der Waals surface area (Å²) >= 11 is 6.12. The second-order valence-corrected chi connectivity index (χ2v) is 8.57. The molecule has 1 aliphatic rings. The Balaban J connectivity index is 1.63. The Morgan fingerprint density at radius 3 is 2.34 bits per heavy atom. The molecular weight excluding hydrogens is 418 g/mol. The average Bonchev–Trinajstić information content (AvgIpc) is 2.67. The highest BCUT2D eigenvalue weighted by molar-refractivity contribution is 7.92. The summed E-state index contributed by atoms with van der Waals surface area (Å²) in [5.74, 6) is -2.31. The van der Waals surface area contributed by atoms with E-state index in [0.29, 0.717) is 11.6 Å². The van der Waals surface area contributed by atoms with Crippen LogP contribution in [0.5, 0.6) is 0 Å². The predicted molar refractivity (Wildman–Crippen MR) is 109 cm³/mol. The van der Waals surface area contributed by atoms with E-state index >= 15 is 0 Å². The van der Waals surface area contributed by atoms with Gasteiger partial charge in [0.15, 0.2) is 4.90 Å². The van der Waals surface area contributed by atoms with Gasteiger partial charge in [0, 0.05) is 28.4 Å². The topological polar surface area (TPSA) is 58.5 Å². The van der Waals surface area contributed by atoms with Gasteiger partial charge in [0.05, 0.1) is 5.71 Å². The van der Waals surface area contributed by atoms with Crippen molar-refractivity contribution in [3.05, 3.63) is 94.0 Å². The maximum absolute atomic E-state index is 13.8. The fourth-order valence-electron chi connectivity index (χ4n) is 3.25. The second kappa shape index (κ2) is 7.57. The molecule has 29 heavy (non-hydrogen) atoms. The monoisotopic (exact) mass is 432 g/mol. The summed E-state index contributed by atoms with van der Waals surface area (Å²) < 4.78 is 54.7. The van der Waals surface area contributed by atoms with Gasteiger partial charge in [-0.2, -0.15) is 0 Å². The van der Waals surface area contributed by atoms with Crippen molar-refractivity contribution in [1.82, 2.24) is 0 Å². The van der Waals surface area contributed by atoms with Gasteiger partial charge in [0.2, 0.25) is 0 Å². The molecule has 0 spiro atoms. The number of fused-ring (bicyclic) bond motifs is 1. The smallest absolute Gasteiger partial charge is 0.267 e. The third-order valence-electron chi connectivity index (χ3n) is 4.58. The van der Waals surface area contributed by atoms with Crippen LogP contribution in [0.2, 0.25) is 5.02 Å². The quantitative estimate of drug-likeness (QED) is 0.643. The van der Waals surface area contributed by atoms with E-state index < -0.39 is 26.6 Å². The van der Waals surface area contributed by atoms with Crippen molar-refractivity contribution in [2.24, 2.45) is 4.99 Å². The van der Waals surface area contributed by atoms with E-state index in [2.05, 4.69) is 9.71 Å². The summed E-state index contributed by atoms with van der Waals surface area (Å²) in [7, 11) is -4.41. The summed E-state index contributed by atoms with van der Waals surface area (Å²) in [5, 5.41) is 0.606. The van der Waals surface area contributed by atoms with Crippen LogP contribution in [0.25, 0.3) is 0 Å². The number of nitrogens with one attached hydrogen (secondary N) is 1. The zero-order valence-electron chi connectivity index (χ0n) is 15.0. The largest absolute Gasteiger partial charge is 0.284 e. The fraction of sp³-hybridized carbons (Fsp3) is 0.0952. The normalized spacial score (nSPS) is 13.6. The molecule has 0 unspecified atom stereocenters. The first-order valence-corrected chi connectivity index (χ1v) is 10.6. The molecule has 0 saturated heterocycles. The van der Waals surface area contributed by atoms with Crippen molar-refractivity contribution >= 4 is 33.0 Å². The number of aliphatic imine (C=N–C) groups is 1. The minimum absolute atomic E-state index is 0.180. The van der Waals surface area contributed by atoms with Crippen LogP contribution >= 0.6 is 11.6 Å². The molecule has 1 heterocycles. The van der Waals surface area contributed by atoms with Crippen molar-refractivity contribution < 1.29 is 17.2 Å². The van der Waals surface area contributed by atoms with Gasteiger partial charge < -0.3 is 0 Å². The Morgan fingerprint density at radius 2 is 1.66 bits per heavy atom. The maximum Gasteiger partial charge on any atom is 0.267 e. The summed E-state index contributed by atoms with van der Waals surface area (Å²) in [5.41, 5.74) is 3.81. The molecule has 3 aromatic carbocycles. The molecule has 0 amide bonds. The standard InChI is InChI=1S/C21H15ClF2N2O2S/c22-15-7-4-13-10-11-25-20(17(13)12-15)14-5-8-16(9-6-14)26-29(27,28)21-18(23)2-1-3-19(21)24/h1-9,12,26H,10-11H2. The number of sulfonamides is 1. The number of hydrogen-bond donors (Lipinski definition) is 1. The zero-order chi connectivity index (χ0) is 20.6. The highest BCUT2D eigenvalue weighted by Crippen LogP contribution is 2.26. The molecule has 8 heteroatoms. The van der Waals surface area contributed by atoms with Crippen LogP contribution in [0.4, 0.5) is 14.5 Å². The number of nitrogens with zero attached hydrogens (tertiary/aromatic N) is 1. The van der Waals surface area contributed by atoms with E-state index in [9.17, 15) is 17.2 Å². The van der Waals surface area contributed by atoms with Gasteiger partial charge in [-0.25, -0.2) is 17.2 Å². The van der Waals surface area contributed by atoms with Crippen molar-refractivity contribution in [2.45, 2.75) is 11.3 Å². The van der Waals surface area contributed by atoms with Crippen molar-refractivity contribution in [1.29, 1.82) is 0 Å². The van der Waals surface area contributed by atoms with E-state index in [4.69, 9.17) is 11.6 Å². The van der Waals surface area contributed by atoms with Crippen LogP contribution in [0.15, 0.2) is 70.6 Å². The van der Waals surface area contributed by atoms with Crippen molar-refractivity contribution in [3.63, 3.8) is 0 Å².